The highest BCUT2D eigenvalue weighted by Crippen LogP contribution is 2.32. The van der Waals surface area contributed by atoms with Crippen molar-refractivity contribution >= 4 is 21.9 Å². The number of hydrogen-bond donors (Lipinski definition) is 1. The van der Waals surface area contributed by atoms with Crippen molar-refractivity contribution in [3.8, 4) is 34.0 Å². The van der Waals surface area contributed by atoms with Crippen molar-refractivity contribution in [3.63, 3.8) is 0 Å². The zero-order valence-electron chi connectivity index (χ0n) is 17.5. The topological polar surface area (TPSA) is 98.1 Å². The van der Waals surface area contributed by atoms with Crippen molar-refractivity contribution in [2.24, 2.45) is 7.05 Å². The van der Waals surface area contributed by atoms with Gasteiger partial charge in [0.05, 0.1) is 28.6 Å². The van der Waals surface area contributed by atoms with Crippen LogP contribution in [0.1, 0.15) is 5.56 Å². The summed E-state index contributed by atoms with van der Waals surface area (Å²) < 4.78 is 1.83. The molecule has 154 valence electrons. The van der Waals surface area contributed by atoms with Crippen molar-refractivity contribution in [1.29, 1.82) is 0 Å². The molecule has 8 nitrogen and oxygen atoms in total. The monoisotopic (exact) mass is 418 g/mol. The molecule has 0 aliphatic carbocycles. The molecule has 6 heterocycles. The molecule has 0 fully saturated rings. The van der Waals surface area contributed by atoms with E-state index in [4.69, 9.17) is 10.1 Å². The Balaban J connectivity index is 1.55. The maximum atomic E-state index is 4.90. The first-order valence-electron chi connectivity index (χ1n) is 10.2. The number of nitrogens with one attached hydrogen (secondary N) is 1. The van der Waals surface area contributed by atoms with Gasteiger partial charge in [-0.15, -0.1) is 0 Å². The molecule has 0 saturated carbocycles. The molecule has 0 atom stereocenters. The molecule has 0 unspecified atom stereocenters. The molecule has 0 aromatic carbocycles. The highest BCUT2D eigenvalue weighted by molar-refractivity contribution is 5.97. The first kappa shape index (κ1) is 18.3. The summed E-state index contributed by atoms with van der Waals surface area (Å²) in [7, 11) is 1.91. The van der Waals surface area contributed by atoms with E-state index in [0.29, 0.717) is 5.82 Å². The Bertz CT molecular complexity index is 1600. The molecule has 6 aromatic rings. The average molecular weight is 418 g/mol. The van der Waals surface area contributed by atoms with Crippen molar-refractivity contribution in [1.82, 2.24) is 39.7 Å². The SMILES string of the molecule is Cc1ccncc1-c1cc2c(-c3nc4c(-c5ccncc5)nccc4[nH]3)nn(C)c2cn1. The van der Waals surface area contributed by atoms with Gasteiger partial charge in [-0.2, -0.15) is 5.10 Å². The average Bonchev–Trinajstić information content (AvgIpc) is 3.40. The lowest BCUT2D eigenvalue weighted by atomic mass is 10.1. The highest BCUT2D eigenvalue weighted by Gasteiger charge is 2.18. The highest BCUT2D eigenvalue weighted by atomic mass is 15.3. The largest absolute Gasteiger partial charge is 0.336 e. The lowest BCUT2D eigenvalue weighted by molar-refractivity contribution is 0.797. The molecule has 32 heavy (non-hydrogen) atoms. The number of hydrogen-bond acceptors (Lipinski definition) is 6. The lowest BCUT2D eigenvalue weighted by Gasteiger charge is -2.04. The number of nitrogens with zero attached hydrogens (tertiary/aromatic N) is 7. The molecule has 1 N–H and O–H groups in total. The van der Waals surface area contributed by atoms with Crippen molar-refractivity contribution < 1.29 is 0 Å². The van der Waals surface area contributed by atoms with E-state index in [9.17, 15) is 0 Å². The summed E-state index contributed by atoms with van der Waals surface area (Å²) in [4.78, 5) is 25.9. The van der Waals surface area contributed by atoms with Gasteiger partial charge < -0.3 is 4.98 Å². The van der Waals surface area contributed by atoms with E-state index in [1.165, 1.54) is 0 Å². The van der Waals surface area contributed by atoms with Crippen molar-refractivity contribution in [2.75, 3.05) is 0 Å². The van der Waals surface area contributed by atoms with E-state index in [0.717, 1.165) is 55.7 Å². The quantitative estimate of drug-likeness (QED) is 0.459. The Labute approximate surface area is 183 Å². The number of aromatic nitrogens is 8. The summed E-state index contributed by atoms with van der Waals surface area (Å²) in [5.41, 5.74) is 8.14. The fraction of sp³-hybridized carbons (Fsp3) is 0.0833. The number of rotatable bonds is 3. The van der Waals surface area contributed by atoms with Crippen LogP contribution in [0.5, 0.6) is 0 Å². The van der Waals surface area contributed by atoms with E-state index in [1.54, 1.807) is 24.8 Å². The van der Waals surface area contributed by atoms with Gasteiger partial charge in [0.25, 0.3) is 0 Å². The molecule has 0 aliphatic rings. The normalized spacial score (nSPS) is 11.4. The fourth-order valence-corrected chi connectivity index (χ4v) is 3.98. The summed E-state index contributed by atoms with van der Waals surface area (Å²) >= 11 is 0. The van der Waals surface area contributed by atoms with Crippen LogP contribution >= 0.6 is 0 Å². The molecular weight excluding hydrogens is 400 g/mol. The van der Waals surface area contributed by atoms with Crippen LogP contribution in [-0.4, -0.2) is 39.7 Å². The van der Waals surface area contributed by atoms with E-state index >= 15 is 0 Å². The van der Waals surface area contributed by atoms with Crippen LogP contribution in [-0.2, 0) is 7.05 Å². The number of aryl methyl sites for hydroxylation is 2. The van der Waals surface area contributed by atoms with Crippen LogP contribution in [0.15, 0.2) is 67.5 Å². The summed E-state index contributed by atoms with van der Waals surface area (Å²) in [5.74, 6) is 0.689. The second kappa shape index (κ2) is 7.05. The van der Waals surface area contributed by atoms with Gasteiger partial charge in [-0.1, -0.05) is 0 Å². The predicted molar refractivity (Wildman–Crippen MR) is 123 cm³/mol. The second-order valence-electron chi connectivity index (χ2n) is 7.63. The molecular formula is C24H18N8. The number of aromatic amines is 1. The van der Waals surface area contributed by atoms with Gasteiger partial charge in [-0.25, -0.2) is 4.98 Å². The smallest absolute Gasteiger partial charge is 0.159 e. The molecule has 0 bridgehead atoms. The number of fused-ring (bicyclic) bond motifs is 2. The Morgan fingerprint density at radius 3 is 2.56 bits per heavy atom. The Morgan fingerprint density at radius 2 is 1.72 bits per heavy atom. The van der Waals surface area contributed by atoms with Gasteiger partial charge in [-0.05, 0) is 42.8 Å². The van der Waals surface area contributed by atoms with Gasteiger partial charge in [0.1, 0.15) is 11.2 Å². The third-order valence-electron chi connectivity index (χ3n) is 5.63. The Morgan fingerprint density at radius 1 is 0.875 bits per heavy atom. The predicted octanol–water partition coefficient (Wildman–Crippen LogP) is 4.34. The maximum Gasteiger partial charge on any atom is 0.159 e. The van der Waals surface area contributed by atoms with Gasteiger partial charge in [0.15, 0.2) is 5.82 Å². The van der Waals surface area contributed by atoms with Crippen molar-refractivity contribution in [3.05, 3.63) is 73.1 Å². The molecule has 0 radical (unpaired) electrons. The number of H-pyrrole nitrogens is 1. The molecule has 0 spiro atoms. The third kappa shape index (κ3) is 2.84. The molecule has 0 saturated heterocycles. The number of pyridine rings is 4. The number of imidazole rings is 1. The molecule has 6 aromatic heterocycles. The van der Waals surface area contributed by atoms with E-state index in [2.05, 4.69) is 37.9 Å². The van der Waals surface area contributed by atoms with Gasteiger partial charge in [0, 0.05) is 54.5 Å². The van der Waals surface area contributed by atoms with Gasteiger partial charge in [-0.3, -0.25) is 24.6 Å². The Hall–Kier alpha value is -4.46. The lowest BCUT2D eigenvalue weighted by Crippen LogP contribution is -1.91. The molecule has 6 rings (SSSR count). The standard InChI is InChI=1S/C24H18N8/c1-14-3-7-26-12-17(14)19-11-16-20(13-28-19)32(2)31-22(16)24-29-18-6-10-27-21(23(18)30-24)15-4-8-25-9-5-15/h3-13H,1-2H3,(H,29,30). The van der Waals surface area contributed by atoms with Crippen LogP contribution in [0.25, 0.3) is 56.0 Å². The summed E-state index contributed by atoms with van der Waals surface area (Å²) in [5, 5.41) is 5.72. The minimum Gasteiger partial charge on any atom is -0.336 e. The minimum absolute atomic E-state index is 0.689. The van der Waals surface area contributed by atoms with Gasteiger partial charge >= 0.3 is 0 Å². The zero-order chi connectivity index (χ0) is 21.7. The maximum absolute atomic E-state index is 4.90. The van der Waals surface area contributed by atoms with Crippen LogP contribution in [0.3, 0.4) is 0 Å². The molecule has 0 amide bonds. The van der Waals surface area contributed by atoms with E-state index in [1.807, 2.05) is 48.4 Å². The second-order valence-corrected chi connectivity index (χ2v) is 7.63. The van der Waals surface area contributed by atoms with Crippen LogP contribution in [0.2, 0.25) is 0 Å². The summed E-state index contributed by atoms with van der Waals surface area (Å²) in [6.45, 7) is 2.06. The van der Waals surface area contributed by atoms with Gasteiger partial charge in [0.2, 0.25) is 0 Å². The van der Waals surface area contributed by atoms with E-state index < -0.39 is 0 Å². The fourth-order valence-electron chi connectivity index (χ4n) is 3.98. The molecule has 0 aliphatic heterocycles. The first-order valence-corrected chi connectivity index (χ1v) is 10.2. The molecule has 8 heteroatoms. The third-order valence-corrected chi connectivity index (χ3v) is 5.63. The minimum atomic E-state index is 0.689. The summed E-state index contributed by atoms with van der Waals surface area (Å²) in [6.07, 6.45) is 10.8. The van der Waals surface area contributed by atoms with Crippen molar-refractivity contribution in [2.45, 2.75) is 6.92 Å². The van der Waals surface area contributed by atoms with Crippen LogP contribution in [0.4, 0.5) is 0 Å². The summed E-state index contributed by atoms with van der Waals surface area (Å²) in [6, 6.07) is 9.82. The van der Waals surface area contributed by atoms with E-state index in [-0.39, 0.29) is 0 Å². The Kier molecular flexibility index (Phi) is 4.04. The first-order chi connectivity index (χ1) is 15.7. The van der Waals surface area contributed by atoms with Crippen LogP contribution < -0.4 is 0 Å². The zero-order valence-corrected chi connectivity index (χ0v) is 17.5. The van der Waals surface area contributed by atoms with Crippen LogP contribution in [0, 0.1) is 6.92 Å².